The fourth-order valence-corrected chi connectivity index (χ4v) is 4.66. The van der Waals surface area contributed by atoms with Crippen LogP contribution in [0.4, 0.5) is 0 Å². The van der Waals surface area contributed by atoms with Crippen molar-refractivity contribution >= 4 is 23.2 Å². The molecule has 0 N–H and O–H groups in total. The van der Waals surface area contributed by atoms with Crippen LogP contribution in [-0.4, -0.2) is 76.8 Å². The van der Waals surface area contributed by atoms with Crippen molar-refractivity contribution in [1.29, 1.82) is 0 Å². The second-order valence-electron chi connectivity index (χ2n) is 8.84. The van der Waals surface area contributed by atoms with Gasteiger partial charge >= 0.3 is 0 Å². The largest absolute Gasteiger partial charge is 0.335 e. The van der Waals surface area contributed by atoms with Crippen LogP contribution in [0.2, 0.25) is 0 Å². The van der Waals surface area contributed by atoms with Crippen LogP contribution in [0.25, 0.3) is 0 Å². The number of piperazine rings is 1. The second kappa shape index (κ2) is 8.47. The predicted octanol–water partition coefficient (Wildman–Crippen LogP) is 3.11. The van der Waals surface area contributed by atoms with Gasteiger partial charge in [0.05, 0.1) is 0 Å². The second-order valence-corrected chi connectivity index (χ2v) is 9.74. The number of benzene rings is 1. The quantitative estimate of drug-likeness (QED) is 0.737. The Morgan fingerprint density at radius 2 is 1.70 bits per heavy atom. The minimum absolute atomic E-state index is 0.0322. The first-order valence-corrected chi connectivity index (χ1v) is 11.6. The normalized spacial score (nSPS) is 18.4. The Bertz CT molecular complexity index is 880. The van der Waals surface area contributed by atoms with Gasteiger partial charge in [0.25, 0.3) is 11.8 Å². The summed E-state index contributed by atoms with van der Waals surface area (Å²) in [5.41, 5.74) is 2.17. The summed E-state index contributed by atoms with van der Waals surface area (Å²) in [5.74, 6) is 0.148. The van der Waals surface area contributed by atoms with E-state index < -0.39 is 0 Å². The summed E-state index contributed by atoms with van der Waals surface area (Å²) in [6.45, 7) is 11.3. The summed E-state index contributed by atoms with van der Waals surface area (Å²) in [4.78, 5) is 35.6. The van der Waals surface area contributed by atoms with Gasteiger partial charge in [-0.15, -0.1) is 11.3 Å². The zero-order valence-electron chi connectivity index (χ0n) is 18.0. The molecule has 4 rings (SSSR count). The van der Waals surface area contributed by atoms with E-state index in [0.717, 1.165) is 51.3 Å². The molecule has 0 atom stereocenters. The number of nitrogens with zero attached hydrogens (tertiary/aromatic N) is 4. The van der Waals surface area contributed by atoms with E-state index in [1.807, 2.05) is 27.3 Å². The van der Waals surface area contributed by atoms with Gasteiger partial charge in [-0.1, -0.05) is 32.9 Å². The monoisotopic (exact) mass is 426 g/mol. The maximum Gasteiger partial charge on any atom is 0.282 e. The number of rotatable bonds is 5. The van der Waals surface area contributed by atoms with Crippen molar-refractivity contribution in [2.45, 2.75) is 38.6 Å². The standard InChI is InChI=1S/C23H30N4O2S/c1-4-23(2,3)18-7-5-17(6-8-18)21(28)27-15-19(16-27)25-10-12-26(13-11-25)22(29)20-24-9-14-30-20/h5-9,14,19H,4,10-13,15-16H2,1-3H3. The van der Waals surface area contributed by atoms with Gasteiger partial charge in [-0.3, -0.25) is 14.5 Å². The number of carbonyl (C=O) groups is 2. The van der Waals surface area contributed by atoms with Crippen molar-refractivity contribution < 1.29 is 9.59 Å². The molecular weight excluding hydrogens is 396 g/mol. The Morgan fingerprint density at radius 1 is 1.03 bits per heavy atom. The van der Waals surface area contributed by atoms with E-state index >= 15 is 0 Å². The fraction of sp³-hybridized carbons (Fsp3) is 0.522. The molecule has 2 aliphatic heterocycles. The lowest BCUT2D eigenvalue weighted by molar-refractivity contribution is 0.00853. The summed E-state index contributed by atoms with van der Waals surface area (Å²) in [7, 11) is 0. The molecule has 0 radical (unpaired) electrons. The highest BCUT2D eigenvalue weighted by molar-refractivity contribution is 7.11. The summed E-state index contributed by atoms with van der Waals surface area (Å²) < 4.78 is 0. The van der Waals surface area contributed by atoms with E-state index in [9.17, 15) is 9.59 Å². The van der Waals surface area contributed by atoms with Crippen LogP contribution in [0.5, 0.6) is 0 Å². The van der Waals surface area contributed by atoms with Crippen molar-refractivity contribution in [2.24, 2.45) is 0 Å². The highest BCUT2D eigenvalue weighted by Crippen LogP contribution is 2.27. The molecule has 0 aliphatic carbocycles. The van der Waals surface area contributed by atoms with E-state index in [0.29, 0.717) is 11.0 Å². The molecule has 1 aromatic carbocycles. The molecule has 3 heterocycles. The van der Waals surface area contributed by atoms with Gasteiger partial charge in [-0.25, -0.2) is 4.98 Å². The number of carbonyl (C=O) groups excluding carboxylic acids is 2. The van der Waals surface area contributed by atoms with Crippen molar-refractivity contribution in [3.8, 4) is 0 Å². The van der Waals surface area contributed by atoms with E-state index in [1.165, 1.54) is 16.9 Å². The molecule has 30 heavy (non-hydrogen) atoms. The molecule has 1 aromatic heterocycles. The van der Waals surface area contributed by atoms with E-state index in [1.54, 1.807) is 6.20 Å². The van der Waals surface area contributed by atoms with Gasteiger partial charge in [0.2, 0.25) is 0 Å². The highest BCUT2D eigenvalue weighted by atomic mass is 32.1. The van der Waals surface area contributed by atoms with Gasteiger partial charge in [0.15, 0.2) is 5.01 Å². The van der Waals surface area contributed by atoms with Gasteiger partial charge in [-0.2, -0.15) is 0 Å². The van der Waals surface area contributed by atoms with Crippen LogP contribution < -0.4 is 0 Å². The lowest BCUT2D eigenvalue weighted by atomic mass is 9.82. The zero-order chi connectivity index (χ0) is 21.3. The number of amides is 2. The smallest absolute Gasteiger partial charge is 0.282 e. The summed E-state index contributed by atoms with van der Waals surface area (Å²) in [5, 5.41) is 2.40. The zero-order valence-corrected chi connectivity index (χ0v) is 18.8. The Kier molecular flexibility index (Phi) is 5.93. The molecule has 2 aliphatic rings. The van der Waals surface area contributed by atoms with Gasteiger partial charge < -0.3 is 9.80 Å². The molecule has 7 heteroatoms. The third-order valence-corrected chi connectivity index (χ3v) is 7.44. The van der Waals surface area contributed by atoms with Gasteiger partial charge in [0.1, 0.15) is 0 Å². The van der Waals surface area contributed by atoms with E-state index in [4.69, 9.17) is 0 Å². The first-order chi connectivity index (χ1) is 14.4. The predicted molar refractivity (Wildman–Crippen MR) is 119 cm³/mol. The Hall–Kier alpha value is -2.25. The third-order valence-electron chi connectivity index (χ3n) is 6.68. The molecule has 2 amide bonds. The van der Waals surface area contributed by atoms with Crippen molar-refractivity contribution in [2.75, 3.05) is 39.3 Å². The Labute approximate surface area is 182 Å². The van der Waals surface area contributed by atoms with Crippen molar-refractivity contribution in [1.82, 2.24) is 19.7 Å². The van der Waals surface area contributed by atoms with Crippen LogP contribution in [0, 0.1) is 0 Å². The molecule has 0 bridgehead atoms. The first-order valence-electron chi connectivity index (χ1n) is 10.7. The molecule has 2 aromatic rings. The minimum atomic E-state index is 0.0322. The summed E-state index contributed by atoms with van der Waals surface area (Å²) in [6, 6.07) is 8.50. The summed E-state index contributed by atoms with van der Waals surface area (Å²) >= 11 is 1.39. The molecule has 6 nitrogen and oxygen atoms in total. The van der Waals surface area contributed by atoms with Gasteiger partial charge in [-0.05, 0) is 29.5 Å². The number of likely N-dealkylation sites (tertiary alicyclic amines) is 1. The number of hydrogen-bond donors (Lipinski definition) is 0. The molecule has 2 saturated heterocycles. The lowest BCUT2D eigenvalue weighted by Crippen LogP contribution is -2.64. The van der Waals surface area contributed by atoms with E-state index in [-0.39, 0.29) is 17.2 Å². The Balaban J connectivity index is 1.26. The fourth-order valence-electron chi connectivity index (χ4n) is 4.06. The molecule has 0 spiro atoms. The topological polar surface area (TPSA) is 56.8 Å². The molecule has 2 fully saturated rings. The number of aromatic nitrogens is 1. The van der Waals surface area contributed by atoms with Crippen molar-refractivity contribution in [3.05, 3.63) is 52.0 Å². The van der Waals surface area contributed by atoms with Crippen LogP contribution in [-0.2, 0) is 5.41 Å². The maximum atomic E-state index is 12.8. The molecule has 160 valence electrons. The average molecular weight is 427 g/mol. The van der Waals surface area contributed by atoms with Gasteiger partial charge in [0, 0.05) is 62.5 Å². The van der Waals surface area contributed by atoms with Crippen LogP contribution >= 0.6 is 11.3 Å². The van der Waals surface area contributed by atoms with Crippen molar-refractivity contribution in [3.63, 3.8) is 0 Å². The Morgan fingerprint density at radius 3 is 2.27 bits per heavy atom. The van der Waals surface area contributed by atoms with Crippen LogP contribution in [0.1, 0.15) is 52.9 Å². The highest BCUT2D eigenvalue weighted by Gasteiger charge is 2.37. The summed E-state index contributed by atoms with van der Waals surface area (Å²) in [6.07, 6.45) is 2.74. The lowest BCUT2D eigenvalue weighted by Gasteiger charge is -2.48. The molecule has 0 unspecified atom stereocenters. The minimum Gasteiger partial charge on any atom is -0.335 e. The molecule has 0 saturated carbocycles. The van der Waals surface area contributed by atoms with Crippen LogP contribution in [0.15, 0.2) is 35.8 Å². The SMILES string of the molecule is CCC(C)(C)c1ccc(C(=O)N2CC(N3CCN(C(=O)c4nccs4)CC3)C2)cc1. The van der Waals surface area contributed by atoms with Crippen LogP contribution in [0.3, 0.4) is 0 Å². The third kappa shape index (κ3) is 4.14. The number of thiazole rings is 1. The molecular formula is C23H30N4O2S. The van der Waals surface area contributed by atoms with E-state index in [2.05, 4.69) is 42.8 Å². The number of hydrogen-bond acceptors (Lipinski definition) is 5. The average Bonchev–Trinajstić information content (AvgIpc) is 3.27. The maximum absolute atomic E-state index is 12.8. The first kappa shape index (κ1) is 21.0.